The predicted molar refractivity (Wildman–Crippen MR) is 68.7 cm³/mol. The van der Waals surface area contributed by atoms with Gasteiger partial charge in [-0.1, -0.05) is 6.08 Å². The monoisotopic (exact) mass is 231 g/mol. The molecule has 2 rings (SSSR count). The van der Waals surface area contributed by atoms with Gasteiger partial charge in [-0.15, -0.1) is 6.58 Å². The Bertz CT molecular complexity index is 440. The van der Waals surface area contributed by atoms with E-state index in [2.05, 4.69) is 11.5 Å². The van der Waals surface area contributed by atoms with Crippen molar-refractivity contribution >= 4 is 11.7 Å². The summed E-state index contributed by atoms with van der Waals surface area (Å²) < 4.78 is 0. The minimum atomic E-state index is -0.851. The first-order chi connectivity index (χ1) is 8.22. The third kappa shape index (κ3) is 2.49. The van der Waals surface area contributed by atoms with Crippen LogP contribution in [0.2, 0.25) is 0 Å². The van der Waals surface area contributed by atoms with Gasteiger partial charge in [0.2, 0.25) is 0 Å². The fourth-order valence-corrected chi connectivity index (χ4v) is 2.29. The number of fused-ring (bicyclic) bond motifs is 1. The van der Waals surface area contributed by atoms with Crippen molar-refractivity contribution in [3.05, 3.63) is 42.0 Å². The Hall–Kier alpha value is -1.77. The number of carbonyl (C=O) groups is 1. The molecule has 0 bridgehead atoms. The second-order valence-corrected chi connectivity index (χ2v) is 4.32. The van der Waals surface area contributed by atoms with Crippen LogP contribution < -0.4 is 4.90 Å². The smallest absolute Gasteiger partial charge is 0.335 e. The summed E-state index contributed by atoms with van der Waals surface area (Å²) in [5.74, 6) is -0.851. The Morgan fingerprint density at radius 1 is 1.53 bits per heavy atom. The highest BCUT2D eigenvalue weighted by atomic mass is 16.4. The number of benzene rings is 1. The average molecular weight is 231 g/mol. The van der Waals surface area contributed by atoms with Crippen molar-refractivity contribution in [2.75, 3.05) is 18.0 Å². The first kappa shape index (κ1) is 11.7. The van der Waals surface area contributed by atoms with Crippen molar-refractivity contribution < 1.29 is 9.90 Å². The highest BCUT2D eigenvalue weighted by Gasteiger charge is 2.17. The van der Waals surface area contributed by atoms with Gasteiger partial charge in [0.25, 0.3) is 0 Å². The molecule has 0 spiro atoms. The summed E-state index contributed by atoms with van der Waals surface area (Å²) >= 11 is 0. The molecule has 1 aliphatic heterocycles. The summed E-state index contributed by atoms with van der Waals surface area (Å²) in [5.41, 5.74) is 2.72. The number of anilines is 1. The zero-order valence-corrected chi connectivity index (χ0v) is 9.85. The molecule has 1 aromatic carbocycles. The van der Waals surface area contributed by atoms with Crippen LogP contribution in [0.5, 0.6) is 0 Å². The fraction of sp³-hybridized carbons (Fsp3) is 0.357. The minimum Gasteiger partial charge on any atom is -0.478 e. The number of aromatic carboxylic acids is 1. The summed E-state index contributed by atoms with van der Waals surface area (Å²) in [6, 6.07) is 5.42. The summed E-state index contributed by atoms with van der Waals surface area (Å²) in [6.45, 7) is 5.74. The van der Waals surface area contributed by atoms with Crippen molar-refractivity contribution in [2.45, 2.75) is 19.3 Å². The van der Waals surface area contributed by atoms with Gasteiger partial charge in [-0.3, -0.25) is 0 Å². The van der Waals surface area contributed by atoms with E-state index in [1.165, 1.54) is 5.69 Å². The first-order valence-corrected chi connectivity index (χ1v) is 5.94. The average Bonchev–Trinajstić information content (AvgIpc) is 2.35. The van der Waals surface area contributed by atoms with Gasteiger partial charge in [-0.25, -0.2) is 4.79 Å². The molecule has 0 aliphatic carbocycles. The first-order valence-electron chi connectivity index (χ1n) is 5.94. The lowest BCUT2D eigenvalue weighted by Gasteiger charge is -2.31. The van der Waals surface area contributed by atoms with Crippen LogP contribution in [0.25, 0.3) is 0 Å². The number of hydrogen-bond donors (Lipinski definition) is 1. The Labute approximate surface area is 101 Å². The Balaban J connectivity index is 2.26. The van der Waals surface area contributed by atoms with Crippen molar-refractivity contribution in [1.82, 2.24) is 0 Å². The standard InChI is InChI=1S/C14H17NO2/c1-2-3-8-15-9-4-5-11-10-12(14(16)17)6-7-13(11)15/h2,6-7,10H,1,3-5,8-9H2,(H,16,17). The van der Waals surface area contributed by atoms with Crippen LogP contribution >= 0.6 is 0 Å². The van der Waals surface area contributed by atoms with Gasteiger partial charge in [0, 0.05) is 18.8 Å². The van der Waals surface area contributed by atoms with E-state index in [1.807, 2.05) is 12.1 Å². The highest BCUT2D eigenvalue weighted by molar-refractivity contribution is 5.88. The van der Waals surface area contributed by atoms with E-state index >= 15 is 0 Å². The molecule has 0 amide bonds. The van der Waals surface area contributed by atoms with E-state index in [9.17, 15) is 4.79 Å². The van der Waals surface area contributed by atoms with Crippen molar-refractivity contribution in [2.24, 2.45) is 0 Å². The second kappa shape index (κ2) is 5.04. The zero-order chi connectivity index (χ0) is 12.3. The normalized spacial score (nSPS) is 14.2. The van der Waals surface area contributed by atoms with E-state index in [-0.39, 0.29) is 0 Å². The summed E-state index contributed by atoms with van der Waals surface area (Å²) in [7, 11) is 0. The van der Waals surface area contributed by atoms with E-state index in [1.54, 1.807) is 12.1 Å². The largest absolute Gasteiger partial charge is 0.478 e. The van der Waals surface area contributed by atoms with Gasteiger partial charge >= 0.3 is 5.97 Å². The van der Waals surface area contributed by atoms with Gasteiger partial charge in [-0.2, -0.15) is 0 Å². The third-order valence-corrected chi connectivity index (χ3v) is 3.14. The molecule has 0 saturated carbocycles. The number of hydrogen-bond acceptors (Lipinski definition) is 2. The fourth-order valence-electron chi connectivity index (χ4n) is 2.29. The molecule has 1 N–H and O–H groups in total. The Morgan fingerprint density at radius 2 is 2.35 bits per heavy atom. The van der Waals surface area contributed by atoms with Crippen molar-refractivity contribution in [1.29, 1.82) is 0 Å². The minimum absolute atomic E-state index is 0.384. The van der Waals surface area contributed by atoms with E-state index in [4.69, 9.17) is 5.11 Å². The third-order valence-electron chi connectivity index (χ3n) is 3.14. The number of carboxylic acids is 1. The molecular weight excluding hydrogens is 214 g/mol. The van der Waals surface area contributed by atoms with E-state index in [0.29, 0.717) is 5.56 Å². The molecule has 0 radical (unpaired) electrons. The van der Waals surface area contributed by atoms with Crippen LogP contribution in [-0.2, 0) is 6.42 Å². The van der Waals surface area contributed by atoms with Gasteiger partial charge < -0.3 is 10.0 Å². The van der Waals surface area contributed by atoms with Crippen LogP contribution in [0.3, 0.4) is 0 Å². The summed E-state index contributed by atoms with van der Waals surface area (Å²) in [5, 5.41) is 8.97. The zero-order valence-electron chi connectivity index (χ0n) is 9.85. The van der Waals surface area contributed by atoms with Crippen molar-refractivity contribution in [3.63, 3.8) is 0 Å². The summed E-state index contributed by atoms with van der Waals surface area (Å²) in [6.07, 6.45) is 4.94. The highest BCUT2D eigenvalue weighted by Crippen LogP contribution is 2.28. The molecule has 0 atom stereocenters. The van der Waals surface area contributed by atoms with Crippen LogP contribution in [0.15, 0.2) is 30.9 Å². The maximum atomic E-state index is 10.9. The molecular formula is C14H17NO2. The van der Waals surface area contributed by atoms with Crippen LogP contribution in [0, 0.1) is 0 Å². The number of nitrogens with zero attached hydrogens (tertiary/aromatic N) is 1. The molecule has 0 fully saturated rings. The van der Waals surface area contributed by atoms with Crippen LogP contribution in [0.1, 0.15) is 28.8 Å². The lowest BCUT2D eigenvalue weighted by Crippen LogP contribution is -2.30. The molecule has 17 heavy (non-hydrogen) atoms. The molecule has 1 aliphatic rings. The molecule has 0 aromatic heterocycles. The lowest BCUT2D eigenvalue weighted by molar-refractivity contribution is 0.0697. The quantitative estimate of drug-likeness (QED) is 0.810. The Kier molecular flexibility index (Phi) is 3.47. The topological polar surface area (TPSA) is 40.5 Å². The molecule has 0 unspecified atom stereocenters. The van der Waals surface area contributed by atoms with E-state index < -0.39 is 5.97 Å². The Morgan fingerprint density at radius 3 is 3.06 bits per heavy atom. The summed E-state index contributed by atoms with van der Waals surface area (Å²) in [4.78, 5) is 13.2. The number of rotatable bonds is 4. The molecule has 3 heteroatoms. The predicted octanol–water partition coefficient (Wildman–Crippen LogP) is 2.71. The van der Waals surface area contributed by atoms with Gasteiger partial charge in [0.05, 0.1) is 5.56 Å². The van der Waals surface area contributed by atoms with Crippen LogP contribution in [0.4, 0.5) is 5.69 Å². The van der Waals surface area contributed by atoms with Crippen LogP contribution in [-0.4, -0.2) is 24.2 Å². The lowest BCUT2D eigenvalue weighted by atomic mass is 9.99. The SMILES string of the molecule is C=CCCN1CCCc2cc(C(=O)O)ccc21. The maximum Gasteiger partial charge on any atom is 0.335 e. The van der Waals surface area contributed by atoms with Gasteiger partial charge in [-0.05, 0) is 43.0 Å². The van der Waals surface area contributed by atoms with Gasteiger partial charge in [0.15, 0.2) is 0 Å². The molecule has 90 valence electrons. The number of aryl methyl sites for hydroxylation is 1. The maximum absolute atomic E-state index is 10.9. The van der Waals surface area contributed by atoms with Gasteiger partial charge in [0.1, 0.15) is 0 Å². The molecule has 1 aromatic rings. The second-order valence-electron chi connectivity index (χ2n) is 4.32. The van der Waals surface area contributed by atoms with Crippen molar-refractivity contribution in [3.8, 4) is 0 Å². The molecule has 1 heterocycles. The van der Waals surface area contributed by atoms with E-state index in [0.717, 1.165) is 37.9 Å². The molecule has 3 nitrogen and oxygen atoms in total. The number of carboxylic acid groups (broad SMARTS) is 1. The molecule has 0 saturated heterocycles.